The number of aromatic nitrogens is 1. The predicted molar refractivity (Wildman–Crippen MR) is 45.2 cm³/mol. The van der Waals surface area contributed by atoms with Crippen LogP contribution < -0.4 is 0 Å². The highest BCUT2D eigenvalue weighted by atomic mass is 16.4. The zero-order chi connectivity index (χ0) is 8.27. The molecule has 0 radical (unpaired) electrons. The molecule has 11 heavy (non-hydrogen) atoms. The van der Waals surface area contributed by atoms with Crippen LogP contribution in [0.15, 0.2) is 23.1 Å². The van der Waals surface area contributed by atoms with Crippen LogP contribution in [0.1, 0.15) is 17.3 Å². The molecule has 0 aromatic carbocycles. The number of hydrogen-bond donors (Lipinski definition) is 0. The molecule has 0 aliphatic carbocycles. The summed E-state index contributed by atoms with van der Waals surface area (Å²) in [5.74, 6) is 1.51. The van der Waals surface area contributed by atoms with E-state index in [4.69, 9.17) is 4.42 Å². The van der Waals surface area contributed by atoms with Crippen molar-refractivity contribution in [3.63, 3.8) is 0 Å². The molecule has 1 heterocycles. The molecule has 0 N–H and O–H groups in total. The maximum absolute atomic E-state index is 5.27. The van der Waals surface area contributed by atoms with Gasteiger partial charge < -0.3 is 4.42 Å². The molecule has 0 aliphatic rings. The van der Waals surface area contributed by atoms with Crippen LogP contribution >= 0.6 is 0 Å². The summed E-state index contributed by atoms with van der Waals surface area (Å²) in [6, 6.07) is 0. The first-order valence-electron chi connectivity index (χ1n) is 3.47. The second-order valence-corrected chi connectivity index (χ2v) is 2.28. The van der Waals surface area contributed by atoms with Crippen molar-refractivity contribution in [2.24, 2.45) is 0 Å². The van der Waals surface area contributed by atoms with Gasteiger partial charge in [0, 0.05) is 6.92 Å². The van der Waals surface area contributed by atoms with Gasteiger partial charge in [0.05, 0.1) is 5.69 Å². The third-order valence-corrected chi connectivity index (χ3v) is 1.32. The monoisotopic (exact) mass is 149 g/mol. The Bertz CT molecular complexity index is 284. The van der Waals surface area contributed by atoms with Crippen LogP contribution in [0.4, 0.5) is 0 Å². The molecule has 0 amide bonds. The standard InChI is InChI=1S/C9H11NO/c1-4-5-6-9-7(2)10-8(3)11-9/h4-6H,1H2,2-3H3/b6-5-. The number of rotatable bonds is 2. The van der Waals surface area contributed by atoms with E-state index in [1.807, 2.05) is 26.0 Å². The van der Waals surface area contributed by atoms with E-state index in [0.29, 0.717) is 5.89 Å². The zero-order valence-electron chi connectivity index (χ0n) is 6.79. The van der Waals surface area contributed by atoms with Crippen LogP contribution in [0.25, 0.3) is 6.08 Å². The van der Waals surface area contributed by atoms with Crippen LogP contribution in [-0.2, 0) is 0 Å². The quantitative estimate of drug-likeness (QED) is 0.604. The fourth-order valence-corrected chi connectivity index (χ4v) is 0.857. The largest absolute Gasteiger partial charge is 0.441 e. The molecule has 58 valence electrons. The summed E-state index contributed by atoms with van der Waals surface area (Å²) < 4.78 is 5.27. The van der Waals surface area contributed by atoms with Gasteiger partial charge in [0.15, 0.2) is 5.89 Å². The first-order chi connectivity index (χ1) is 5.24. The second-order valence-electron chi connectivity index (χ2n) is 2.28. The Balaban J connectivity index is 2.93. The van der Waals surface area contributed by atoms with E-state index in [1.165, 1.54) is 0 Å². The highest BCUT2D eigenvalue weighted by Gasteiger charge is 2.00. The summed E-state index contributed by atoms with van der Waals surface area (Å²) in [6.45, 7) is 7.31. The van der Waals surface area contributed by atoms with Crippen LogP contribution in [0.2, 0.25) is 0 Å². The van der Waals surface area contributed by atoms with Crippen LogP contribution in [-0.4, -0.2) is 4.98 Å². The van der Waals surface area contributed by atoms with Gasteiger partial charge in [-0.1, -0.05) is 18.7 Å². The minimum Gasteiger partial charge on any atom is -0.441 e. The molecule has 0 saturated carbocycles. The Hall–Kier alpha value is -1.31. The normalized spacial score (nSPS) is 10.7. The summed E-state index contributed by atoms with van der Waals surface area (Å²) >= 11 is 0. The van der Waals surface area contributed by atoms with Crippen molar-refractivity contribution in [1.29, 1.82) is 0 Å². The Morgan fingerprint density at radius 2 is 2.18 bits per heavy atom. The van der Waals surface area contributed by atoms with E-state index in [9.17, 15) is 0 Å². The smallest absolute Gasteiger partial charge is 0.191 e. The van der Waals surface area contributed by atoms with Crippen molar-refractivity contribution >= 4 is 6.08 Å². The number of aryl methyl sites for hydroxylation is 2. The van der Waals surface area contributed by atoms with Crippen molar-refractivity contribution in [2.75, 3.05) is 0 Å². The fourth-order valence-electron chi connectivity index (χ4n) is 0.857. The van der Waals surface area contributed by atoms with Crippen molar-refractivity contribution in [2.45, 2.75) is 13.8 Å². The molecule has 2 heteroatoms. The molecular formula is C9H11NO. The molecule has 1 rings (SSSR count). The highest BCUT2D eigenvalue weighted by molar-refractivity contribution is 5.46. The van der Waals surface area contributed by atoms with Gasteiger partial charge in [-0.05, 0) is 13.0 Å². The third-order valence-electron chi connectivity index (χ3n) is 1.32. The molecule has 0 saturated heterocycles. The SMILES string of the molecule is C=C/C=C\c1oc(C)nc1C. The minimum atomic E-state index is 0.700. The molecule has 0 bridgehead atoms. The lowest BCUT2D eigenvalue weighted by atomic mass is 10.3. The highest BCUT2D eigenvalue weighted by Crippen LogP contribution is 2.10. The van der Waals surface area contributed by atoms with Gasteiger partial charge in [0.1, 0.15) is 5.76 Å². The van der Waals surface area contributed by atoms with E-state index in [0.717, 1.165) is 11.5 Å². The maximum Gasteiger partial charge on any atom is 0.191 e. The first kappa shape index (κ1) is 7.79. The molecular weight excluding hydrogens is 138 g/mol. The zero-order valence-corrected chi connectivity index (χ0v) is 6.79. The average molecular weight is 149 g/mol. The Morgan fingerprint density at radius 1 is 1.45 bits per heavy atom. The van der Waals surface area contributed by atoms with Gasteiger partial charge in [-0.25, -0.2) is 4.98 Å². The molecule has 0 spiro atoms. The minimum absolute atomic E-state index is 0.700. The number of allylic oxidation sites excluding steroid dienone is 2. The Labute approximate surface area is 66.3 Å². The van der Waals surface area contributed by atoms with Crippen LogP contribution in [0.5, 0.6) is 0 Å². The Morgan fingerprint density at radius 3 is 2.64 bits per heavy atom. The summed E-state index contributed by atoms with van der Waals surface area (Å²) in [6.07, 6.45) is 5.38. The summed E-state index contributed by atoms with van der Waals surface area (Å²) in [5.41, 5.74) is 0.917. The lowest BCUT2D eigenvalue weighted by Crippen LogP contribution is -1.72. The van der Waals surface area contributed by atoms with E-state index in [2.05, 4.69) is 11.6 Å². The van der Waals surface area contributed by atoms with Crippen LogP contribution in [0, 0.1) is 13.8 Å². The van der Waals surface area contributed by atoms with E-state index in [1.54, 1.807) is 6.08 Å². The molecule has 1 aromatic heterocycles. The van der Waals surface area contributed by atoms with Gasteiger partial charge in [-0.3, -0.25) is 0 Å². The molecule has 1 aromatic rings. The number of oxazole rings is 1. The van der Waals surface area contributed by atoms with Crippen molar-refractivity contribution in [3.8, 4) is 0 Å². The molecule has 0 fully saturated rings. The van der Waals surface area contributed by atoms with Crippen LogP contribution in [0.3, 0.4) is 0 Å². The van der Waals surface area contributed by atoms with Crippen molar-refractivity contribution < 1.29 is 4.42 Å². The van der Waals surface area contributed by atoms with Crippen molar-refractivity contribution in [1.82, 2.24) is 4.98 Å². The lowest BCUT2D eigenvalue weighted by molar-refractivity contribution is 0.512. The maximum atomic E-state index is 5.27. The number of nitrogens with zero attached hydrogens (tertiary/aromatic N) is 1. The van der Waals surface area contributed by atoms with Gasteiger partial charge in [0.25, 0.3) is 0 Å². The predicted octanol–water partition coefficient (Wildman–Crippen LogP) is 2.49. The van der Waals surface area contributed by atoms with Gasteiger partial charge in [-0.2, -0.15) is 0 Å². The number of hydrogen-bond acceptors (Lipinski definition) is 2. The van der Waals surface area contributed by atoms with Gasteiger partial charge >= 0.3 is 0 Å². The van der Waals surface area contributed by atoms with Gasteiger partial charge in [-0.15, -0.1) is 0 Å². The van der Waals surface area contributed by atoms with E-state index >= 15 is 0 Å². The summed E-state index contributed by atoms with van der Waals surface area (Å²) in [4.78, 5) is 4.11. The average Bonchev–Trinajstić information content (AvgIpc) is 2.26. The lowest BCUT2D eigenvalue weighted by Gasteiger charge is -1.82. The van der Waals surface area contributed by atoms with E-state index < -0.39 is 0 Å². The van der Waals surface area contributed by atoms with Crippen molar-refractivity contribution in [3.05, 3.63) is 36.1 Å². The first-order valence-corrected chi connectivity index (χ1v) is 3.47. The third kappa shape index (κ3) is 1.80. The molecule has 2 nitrogen and oxygen atoms in total. The topological polar surface area (TPSA) is 26.0 Å². The Kier molecular flexibility index (Phi) is 2.26. The molecule has 0 atom stereocenters. The molecule has 0 aliphatic heterocycles. The summed E-state index contributed by atoms with van der Waals surface area (Å²) in [7, 11) is 0. The summed E-state index contributed by atoms with van der Waals surface area (Å²) in [5, 5.41) is 0. The van der Waals surface area contributed by atoms with E-state index in [-0.39, 0.29) is 0 Å². The molecule has 0 unspecified atom stereocenters. The second kappa shape index (κ2) is 3.19. The van der Waals surface area contributed by atoms with Gasteiger partial charge in [0.2, 0.25) is 0 Å². The fraction of sp³-hybridized carbons (Fsp3) is 0.222.